The lowest BCUT2D eigenvalue weighted by Gasteiger charge is -2.25. The van der Waals surface area contributed by atoms with Crippen molar-refractivity contribution in [3.63, 3.8) is 0 Å². The van der Waals surface area contributed by atoms with E-state index in [2.05, 4.69) is 16.8 Å². The second-order valence-electron chi connectivity index (χ2n) is 5.63. The molecule has 4 heteroatoms. The number of nitrogens with two attached hydrogens (primary N) is 1. The summed E-state index contributed by atoms with van der Waals surface area (Å²) in [4.78, 5) is 14.6. The van der Waals surface area contributed by atoms with Gasteiger partial charge in [0.2, 0.25) is 5.91 Å². The number of nitrogens with zero attached hydrogens (tertiary/aromatic N) is 1. The molecule has 1 amide bonds. The molecule has 1 aromatic heterocycles. The summed E-state index contributed by atoms with van der Waals surface area (Å²) in [5, 5.41) is 4.15. The van der Waals surface area contributed by atoms with E-state index in [0.717, 1.165) is 18.4 Å². The topological polar surface area (TPSA) is 46.3 Å². The molecule has 1 atom stereocenters. The molecule has 110 valence electrons. The molecule has 2 aromatic rings. The van der Waals surface area contributed by atoms with Crippen LogP contribution in [0.1, 0.15) is 24.0 Å². The average molecular weight is 300 g/mol. The third kappa shape index (κ3) is 3.71. The first kappa shape index (κ1) is 14.3. The quantitative estimate of drug-likeness (QED) is 0.891. The van der Waals surface area contributed by atoms with E-state index in [9.17, 15) is 4.79 Å². The third-order valence-electron chi connectivity index (χ3n) is 3.82. The summed E-state index contributed by atoms with van der Waals surface area (Å²) in [7, 11) is 0. The van der Waals surface area contributed by atoms with Gasteiger partial charge in [-0.25, -0.2) is 0 Å². The van der Waals surface area contributed by atoms with E-state index >= 15 is 0 Å². The average Bonchev–Trinajstić information content (AvgIpc) is 3.21. The second-order valence-corrected chi connectivity index (χ2v) is 6.41. The maximum absolute atomic E-state index is 12.7. The van der Waals surface area contributed by atoms with Crippen molar-refractivity contribution in [2.24, 2.45) is 5.73 Å². The van der Waals surface area contributed by atoms with Gasteiger partial charge < -0.3 is 10.6 Å². The molecule has 3 rings (SSSR count). The predicted octanol–water partition coefficient (Wildman–Crippen LogP) is 2.81. The van der Waals surface area contributed by atoms with Crippen molar-refractivity contribution >= 4 is 17.2 Å². The molecule has 1 aliphatic carbocycles. The molecular weight excluding hydrogens is 280 g/mol. The highest BCUT2D eigenvalue weighted by Gasteiger charge is 2.34. The number of hydrogen-bond donors (Lipinski definition) is 1. The fourth-order valence-corrected chi connectivity index (χ4v) is 3.18. The van der Waals surface area contributed by atoms with Gasteiger partial charge in [-0.3, -0.25) is 4.79 Å². The van der Waals surface area contributed by atoms with Crippen molar-refractivity contribution in [2.75, 3.05) is 0 Å². The van der Waals surface area contributed by atoms with Crippen molar-refractivity contribution in [1.29, 1.82) is 0 Å². The fraction of sp³-hybridized carbons (Fsp3) is 0.353. The number of hydrogen-bond acceptors (Lipinski definition) is 3. The first-order valence-corrected chi connectivity index (χ1v) is 8.29. The standard InChI is InChI=1S/C17H20N2OS/c18-16(10-13-4-2-1-3-5-13)17(20)19(15-6-7-15)11-14-8-9-21-12-14/h1-5,8-9,12,15-16H,6-7,10-11,18H2/t16-/m0/s1. The number of benzene rings is 1. The Morgan fingerprint density at radius 1 is 1.24 bits per heavy atom. The Balaban J connectivity index is 1.66. The molecule has 0 bridgehead atoms. The van der Waals surface area contributed by atoms with E-state index in [1.165, 1.54) is 5.56 Å². The molecule has 1 heterocycles. The lowest BCUT2D eigenvalue weighted by atomic mass is 10.1. The first-order valence-electron chi connectivity index (χ1n) is 7.35. The van der Waals surface area contributed by atoms with Gasteiger partial charge in [-0.2, -0.15) is 11.3 Å². The van der Waals surface area contributed by atoms with Crippen LogP contribution in [0, 0.1) is 0 Å². The smallest absolute Gasteiger partial charge is 0.240 e. The molecule has 3 nitrogen and oxygen atoms in total. The van der Waals surface area contributed by atoms with Crippen LogP contribution < -0.4 is 5.73 Å². The Kier molecular flexibility index (Phi) is 4.36. The number of thiophene rings is 1. The van der Waals surface area contributed by atoms with Gasteiger partial charge in [0.05, 0.1) is 6.04 Å². The minimum atomic E-state index is -0.452. The normalized spacial score (nSPS) is 15.7. The van der Waals surface area contributed by atoms with Crippen LogP contribution in [0.3, 0.4) is 0 Å². The van der Waals surface area contributed by atoms with Crippen LogP contribution in [-0.2, 0) is 17.8 Å². The molecule has 1 aromatic carbocycles. The SMILES string of the molecule is N[C@@H](Cc1ccccc1)C(=O)N(Cc1ccsc1)C1CC1. The summed E-state index contributed by atoms with van der Waals surface area (Å²) in [6, 6.07) is 12.0. The van der Waals surface area contributed by atoms with E-state index in [0.29, 0.717) is 19.0 Å². The fourth-order valence-electron chi connectivity index (χ4n) is 2.52. The van der Waals surface area contributed by atoms with Crippen LogP contribution in [0.2, 0.25) is 0 Å². The summed E-state index contributed by atoms with van der Waals surface area (Å²) in [6.07, 6.45) is 2.81. The van der Waals surface area contributed by atoms with E-state index in [-0.39, 0.29) is 5.91 Å². The van der Waals surface area contributed by atoms with E-state index in [1.807, 2.05) is 35.2 Å². The van der Waals surface area contributed by atoms with E-state index in [1.54, 1.807) is 11.3 Å². The Morgan fingerprint density at radius 2 is 2.00 bits per heavy atom. The number of amides is 1. The summed E-state index contributed by atoms with van der Waals surface area (Å²) in [5.41, 5.74) is 8.47. The number of carbonyl (C=O) groups is 1. The maximum Gasteiger partial charge on any atom is 0.240 e. The highest BCUT2D eigenvalue weighted by atomic mass is 32.1. The molecular formula is C17H20N2OS. The first-order chi connectivity index (χ1) is 10.2. The molecule has 0 radical (unpaired) electrons. The van der Waals surface area contributed by atoms with Gasteiger partial charge in [0, 0.05) is 12.6 Å². The van der Waals surface area contributed by atoms with Crippen LogP contribution >= 0.6 is 11.3 Å². The lowest BCUT2D eigenvalue weighted by Crippen LogP contribution is -2.45. The van der Waals surface area contributed by atoms with Gasteiger partial charge in [0.15, 0.2) is 0 Å². The van der Waals surface area contributed by atoms with E-state index < -0.39 is 6.04 Å². The number of rotatable bonds is 6. The van der Waals surface area contributed by atoms with Crippen molar-refractivity contribution in [3.8, 4) is 0 Å². The van der Waals surface area contributed by atoms with E-state index in [4.69, 9.17) is 5.73 Å². The summed E-state index contributed by atoms with van der Waals surface area (Å²) >= 11 is 1.67. The van der Waals surface area contributed by atoms with Crippen LogP contribution in [-0.4, -0.2) is 22.9 Å². The predicted molar refractivity (Wildman–Crippen MR) is 86.0 cm³/mol. The van der Waals surface area contributed by atoms with Crippen molar-refractivity contribution in [3.05, 3.63) is 58.3 Å². The van der Waals surface area contributed by atoms with Crippen LogP contribution in [0.4, 0.5) is 0 Å². The summed E-state index contributed by atoms with van der Waals surface area (Å²) < 4.78 is 0. The highest BCUT2D eigenvalue weighted by molar-refractivity contribution is 7.07. The molecule has 1 fully saturated rings. The molecule has 2 N–H and O–H groups in total. The molecule has 0 unspecified atom stereocenters. The van der Waals surface area contributed by atoms with Gasteiger partial charge in [-0.05, 0) is 47.2 Å². The highest BCUT2D eigenvalue weighted by Crippen LogP contribution is 2.29. The minimum absolute atomic E-state index is 0.0764. The second kappa shape index (κ2) is 6.41. The summed E-state index contributed by atoms with van der Waals surface area (Å²) in [6.45, 7) is 0.690. The van der Waals surface area contributed by atoms with Gasteiger partial charge >= 0.3 is 0 Å². The maximum atomic E-state index is 12.7. The van der Waals surface area contributed by atoms with Gasteiger partial charge in [0.1, 0.15) is 0 Å². The molecule has 1 aliphatic rings. The van der Waals surface area contributed by atoms with Gasteiger partial charge in [-0.1, -0.05) is 30.3 Å². The zero-order valence-corrected chi connectivity index (χ0v) is 12.8. The van der Waals surface area contributed by atoms with Crippen molar-refractivity contribution in [1.82, 2.24) is 4.90 Å². The minimum Gasteiger partial charge on any atom is -0.334 e. The van der Waals surface area contributed by atoms with Crippen LogP contribution in [0.15, 0.2) is 47.2 Å². The lowest BCUT2D eigenvalue weighted by molar-refractivity contribution is -0.133. The zero-order valence-electron chi connectivity index (χ0n) is 11.9. The molecule has 0 spiro atoms. The Labute approximate surface area is 129 Å². The molecule has 1 saturated carbocycles. The zero-order chi connectivity index (χ0) is 14.7. The van der Waals surface area contributed by atoms with Crippen LogP contribution in [0.5, 0.6) is 0 Å². The molecule has 0 aliphatic heterocycles. The van der Waals surface area contributed by atoms with Gasteiger partial charge in [-0.15, -0.1) is 0 Å². The summed E-state index contributed by atoms with van der Waals surface area (Å²) in [5.74, 6) is 0.0764. The molecule has 21 heavy (non-hydrogen) atoms. The van der Waals surface area contributed by atoms with Crippen molar-refractivity contribution in [2.45, 2.75) is 37.9 Å². The molecule has 0 saturated heterocycles. The van der Waals surface area contributed by atoms with Crippen LogP contribution in [0.25, 0.3) is 0 Å². The monoisotopic (exact) mass is 300 g/mol. The largest absolute Gasteiger partial charge is 0.334 e. The third-order valence-corrected chi connectivity index (χ3v) is 4.55. The van der Waals surface area contributed by atoms with Crippen molar-refractivity contribution < 1.29 is 4.79 Å². The Hall–Kier alpha value is -1.65. The Morgan fingerprint density at radius 3 is 2.62 bits per heavy atom. The van der Waals surface area contributed by atoms with Gasteiger partial charge in [0.25, 0.3) is 0 Å². The Bertz CT molecular complexity index is 578. The number of carbonyl (C=O) groups excluding carboxylic acids is 1.